The Morgan fingerprint density at radius 2 is 1.78 bits per heavy atom. The number of halogens is 3. The van der Waals surface area contributed by atoms with E-state index in [9.17, 15) is 31.2 Å². The highest BCUT2D eigenvalue weighted by Crippen LogP contribution is 2.26. The Morgan fingerprint density at radius 3 is 2.33 bits per heavy atom. The van der Waals surface area contributed by atoms with Crippen molar-refractivity contribution in [3.63, 3.8) is 0 Å². The van der Waals surface area contributed by atoms with Gasteiger partial charge in [0.2, 0.25) is 15.7 Å². The first kappa shape index (κ1) is 20.9. The molecule has 6 nitrogen and oxygen atoms in total. The quantitative estimate of drug-likeness (QED) is 0.681. The molecular weight excluding hydrogens is 405 g/mol. The summed E-state index contributed by atoms with van der Waals surface area (Å²) in [5, 5.41) is 3.54. The first-order valence-electron chi connectivity index (χ1n) is 7.54. The van der Waals surface area contributed by atoms with Gasteiger partial charge in [0.15, 0.2) is 0 Å². The number of carbonyl (C=O) groups excluding carboxylic acids is 2. The third-order valence-corrected chi connectivity index (χ3v) is 6.15. The topological polar surface area (TPSA) is 106 Å². The lowest BCUT2D eigenvalue weighted by Crippen LogP contribution is -2.37. The molecule has 0 saturated heterocycles. The normalized spacial score (nSPS) is 12.7. The lowest BCUT2D eigenvalue weighted by Gasteiger charge is -2.14. The number of rotatable bonds is 8. The molecule has 2 aromatic rings. The highest BCUT2D eigenvalue weighted by Gasteiger charge is 2.32. The smallest absolute Gasteiger partial charge is 0.341 e. The van der Waals surface area contributed by atoms with Gasteiger partial charge in [-0.1, -0.05) is 12.1 Å². The Labute approximate surface area is 157 Å². The highest BCUT2D eigenvalue weighted by molar-refractivity contribution is 7.92. The Balaban J connectivity index is 2.10. The maximum Gasteiger partial charge on any atom is 0.341 e. The number of sulfone groups is 1. The van der Waals surface area contributed by atoms with Crippen LogP contribution in [-0.4, -0.2) is 32.5 Å². The zero-order chi connectivity index (χ0) is 20.2. The summed E-state index contributed by atoms with van der Waals surface area (Å²) in [6, 6.07) is 6.25. The number of primary amides is 1. The molecule has 0 spiro atoms. The van der Waals surface area contributed by atoms with Gasteiger partial charge in [-0.05, 0) is 35.6 Å². The van der Waals surface area contributed by atoms with Crippen LogP contribution in [0.4, 0.5) is 13.2 Å². The Kier molecular flexibility index (Phi) is 6.60. The van der Waals surface area contributed by atoms with Crippen LogP contribution in [0.5, 0.6) is 0 Å². The number of nitrogens with two attached hydrogens (primary N) is 1. The number of amides is 2. The average molecular weight is 420 g/mol. The van der Waals surface area contributed by atoms with Crippen LogP contribution in [0.1, 0.15) is 15.2 Å². The lowest BCUT2D eigenvalue weighted by molar-refractivity contribution is -0.121. The predicted molar refractivity (Wildman–Crippen MR) is 92.6 cm³/mol. The first-order chi connectivity index (χ1) is 12.6. The summed E-state index contributed by atoms with van der Waals surface area (Å²) in [4.78, 5) is 22.6. The summed E-state index contributed by atoms with van der Waals surface area (Å²) >= 11 is 0.685. The minimum atomic E-state index is -4.93. The molecular formula is C16H15F3N2O4S2. The van der Waals surface area contributed by atoms with Gasteiger partial charge in [-0.15, -0.1) is 11.3 Å². The fraction of sp³-hybridized carbons (Fsp3) is 0.250. The summed E-state index contributed by atoms with van der Waals surface area (Å²) in [7, 11) is -4.93. The zero-order valence-corrected chi connectivity index (χ0v) is 15.3. The molecule has 0 fully saturated rings. The van der Waals surface area contributed by atoms with Gasteiger partial charge in [0.05, 0.1) is 10.8 Å². The Bertz CT molecular complexity index is 927. The van der Waals surface area contributed by atoms with Gasteiger partial charge in [0.1, 0.15) is 10.7 Å². The van der Waals surface area contributed by atoms with Crippen LogP contribution in [-0.2, 0) is 21.1 Å². The van der Waals surface area contributed by atoms with E-state index in [1.54, 1.807) is 0 Å². The van der Waals surface area contributed by atoms with Crippen LogP contribution in [0.3, 0.4) is 0 Å². The molecule has 0 radical (unpaired) electrons. The van der Waals surface area contributed by atoms with E-state index in [2.05, 4.69) is 5.32 Å². The molecule has 11 heteroatoms. The van der Waals surface area contributed by atoms with E-state index in [1.165, 1.54) is 29.6 Å². The molecule has 1 atom stereocenters. The molecule has 1 aromatic carbocycles. The van der Waals surface area contributed by atoms with Crippen LogP contribution in [0.25, 0.3) is 0 Å². The second-order valence-corrected chi connectivity index (χ2v) is 8.36. The molecule has 27 heavy (non-hydrogen) atoms. The minimum Gasteiger partial charge on any atom is -0.369 e. The van der Waals surface area contributed by atoms with Gasteiger partial charge in [-0.2, -0.15) is 8.78 Å². The molecule has 3 N–H and O–H groups in total. The van der Waals surface area contributed by atoms with E-state index >= 15 is 0 Å². The van der Waals surface area contributed by atoms with E-state index < -0.39 is 48.9 Å². The number of benzene rings is 1. The SMILES string of the molecule is NC(=O)C(CNC(=O)c1sccc1S(=O)(=O)C(F)F)Cc1ccc(F)cc1. The van der Waals surface area contributed by atoms with Gasteiger partial charge < -0.3 is 11.1 Å². The van der Waals surface area contributed by atoms with E-state index in [4.69, 9.17) is 5.73 Å². The largest absolute Gasteiger partial charge is 0.369 e. The monoisotopic (exact) mass is 420 g/mol. The Hall–Kier alpha value is -2.40. The van der Waals surface area contributed by atoms with Crippen LogP contribution in [0.15, 0.2) is 40.6 Å². The second kappa shape index (κ2) is 8.53. The second-order valence-electron chi connectivity index (χ2n) is 5.56. The van der Waals surface area contributed by atoms with Gasteiger partial charge in [-0.3, -0.25) is 9.59 Å². The van der Waals surface area contributed by atoms with Gasteiger partial charge in [0, 0.05) is 6.54 Å². The standard InChI is InChI=1S/C16H15F3N2O4S2/c17-11-3-1-9(2-4-11)7-10(14(20)22)8-21-15(23)13-12(5-6-26-13)27(24,25)16(18)19/h1-6,10,16H,7-8H2,(H2,20,22)(H,21,23). The van der Waals surface area contributed by atoms with Crippen molar-refractivity contribution in [3.05, 3.63) is 52.0 Å². The van der Waals surface area contributed by atoms with Crippen LogP contribution in [0.2, 0.25) is 0 Å². The number of nitrogens with one attached hydrogen (secondary N) is 1. The van der Waals surface area contributed by atoms with E-state index in [0.717, 1.165) is 6.07 Å². The van der Waals surface area contributed by atoms with Crippen molar-refractivity contribution in [2.45, 2.75) is 17.1 Å². The van der Waals surface area contributed by atoms with Gasteiger partial charge in [0.25, 0.3) is 5.91 Å². The van der Waals surface area contributed by atoms with Crippen molar-refractivity contribution in [3.8, 4) is 0 Å². The summed E-state index contributed by atoms with van der Waals surface area (Å²) in [5.74, 6) is -6.60. The van der Waals surface area contributed by atoms with Crippen molar-refractivity contribution >= 4 is 33.0 Å². The number of carbonyl (C=O) groups is 2. The third kappa shape index (κ3) is 5.07. The summed E-state index contributed by atoms with van der Waals surface area (Å²) in [5.41, 5.74) is 5.90. The molecule has 0 aliphatic rings. The average Bonchev–Trinajstić information content (AvgIpc) is 3.10. The summed E-state index contributed by atoms with van der Waals surface area (Å²) in [6.45, 7) is -0.238. The minimum absolute atomic E-state index is 0.114. The maximum atomic E-state index is 12.9. The van der Waals surface area contributed by atoms with Crippen LogP contribution < -0.4 is 11.1 Å². The number of alkyl halides is 2. The van der Waals surface area contributed by atoms with Crippen molar-refractivity contribution in [1.29, 1.82) is 0 Å². The lowest BCUT2D eigenvalue weighted by atomic mass is 9.98. The van der Waals surface area contributed by atoms with E-state index in [-0.39, 0.29) is 13.0 Å². The Morgan fingerprint density at radius 1 is 1.15 bits per heavy atom. The molecule has 2 rings (SSSR count). The fourth-order valence-corrected chi connectivity index (χ4v) is 4.34. The van der Waals surface area contributed by atoms with E-state index in [1.807, 2.05) is 0 Å². The number of thiophene rings is 1. The van der Waals surface area contributed by atoms with Crippen LogP contribution >= 0.6 is 11.3 Å². The number of hydrogen-bond donors (Lipinski definition) is 2. The molecule has 1 heterocycles. The maximum absolute atomic E-state index is 12.9. The molecule has 0 bridgehead atoms. The van der Waals surface area contributed by atoms with Gasteiger partial charge in [-0.25, -0.2) is 12.8 Å². The van der Waals surface area contributed by atoms with Crippen molar-refractivity contribution in [1.82, 2.24) is 5.32 Å². The van der Waals surface area contributed by atoms with Crippen molar-refractivity contribution in [2.24, 2.45) is 11.7 Å². The summed E-state index contributed by atoms with van der Waals surface area (Å²) < 4.78 is 61.6. The molecule has 1 aromatic heterocycles. The predicted octanol–water partition coefficient (Wildman–Crippen LogP) is 1.96. The van der Waals surface area contributed by atoms with Gasteiger partial charge >= 0.3 is 5.76 Å². The highest BCUT2D eigenvalue weighted by atomic mass is 32.2. The number of hydrogen-bond acceptors (Lipinski definition) is 5. The zero-order valence-electron chi connectivity index (χ0n) is 13.7. The molecule has 0 aliphatic heterocycles. The summed E-state index contributed by atoms with van der Waals surface area (Å²) in [6.07, 6.45) is 0.114. The first-order valence-corrected chi connectivity index (χ1v) is 9.97. The molecule has 2 amide bonds. The van der Waals surface area contributed by atoms with E-state index in [0.29, 0.717) is 16.9 Å². The fourth-order valence-electron chi connectivity index (χ4n) is 2.26. The molecule has 0 aliphatic carbocycles. The van der Waals surface area contributed by atoms with Crippen LogP contribution in [0, 0.1) is 11.7 Å². The van der Waals surface area contributed by atoms with Crippen molar-refractivity contribution in [2.75, 3.05) is 6.54 Å². The van der Waals surface area contributed by atoms with Crippen molar-refractivity contribution < 1.29 is 31.2 Å². The molecule has 0 saturated carbocycles. The third-order valence-electron chi connectivity index (χ3n) is 3.68. The molecule has 1 unspecified atom stereocenters. The molecule has 146 valence electrons.